The van der Waals surface area contributed by atoms with E-state index < -0.39 is 48.3 Å². The van der Waals surface area contributed by atoms with E-state index >= 15 is 0 Å². The number of ether oxygens (including phenoxy) is 3. The van der Waals surface area contributed by atoms with Gasteiger partial charge >= 0.3 is 5.97 Å². The summed E-state index contributed by atoms with van der Waals surface area (Å²) in [5, 5.41) is 5.74. The zero-order valence-corrected chi connectivity index (χ0v) is 35.7. The fourth-order valence-electron chi connectivity index (χ4n) is 8.19. The first kappa shape index (κ1) is 47.0. The molecule has 8 unspecified atom stereocenters. The van der Waals surface area contributed by atoms with E-state index in [-0.39, 0.29) is 54.9 Å². The molecule has 8 atom stereocenters. The maximum Gasteiger partial charge on any atom is 0.328 e. The molecular formula is C44H67N5O8. The monoisotopic (exact) mass is 793 g/mol. The minimum Gasteiger partial charge on any atom is -0.467 e. The van der Waals surface area contributed by atoms with Crippen molar-refractivity contribution >= 4 is 29.6 Å². The normalized spacial score (nSPS) is 17.9. The SMILES string of the molecule is CCC(C)C(C(CC(=O)N1CCCC1C(OC)C(C)C(=O)NC(Cc1ccccc1)C(=O)OC)OC)N(C)C(=O)CNC(=O)C(C(C)C)N(C)Cc1ccccc1. The van der Waals surface area contributed by atoms with Gasteiger partial charge in [0.15, 0.2) is 0 Å². The standard InChI is InChI=1S/C44H67N5O8/c1-11-30(4)40(48(7)38(51)27-45-43(53)39(29(2)3)47(6)28-33-21-16-13-17-22-33)36(55-8)26-37(50)49-24-18-23-35(49)41(56-9)31(5)42(52)46-34(44(54)57-10)25-32-19-14-12-15-20-32/h12-17,19-22,29-31,34-36,39-41H,11,18,23-28H2,1-10H3,(H,45,53)(H,46,52). The number of carbonyl (C=O) groups excluding carboxylic acids is 5. The quantitative estimate of drug-likeness (QED) is 0.169. The Morgan fingerprint density at radius 2 is 1.47 bits per heavy atom. The predicted molar refractivity (Wildman–Crippen MR) is 220 cm³/mol. The van der Waals surface area contributed by atoms with Crippen molar-refractivity contribution in [3.63, 3.8) is 0 Å². The van der Waals surface area contributed by atoms with E-state index in [1.165, 1.54) is 14.2 Å². The van der Waals surface area contributed by atoms with E-state index in [2.05, 4.69) is 10.6 Å². The second-order valence-electron chi connectivity index (χ2n) is 15.7. The molecule has 0 spiro atoms. The smallest absolute Gasteiger partial charge is 0.328 e. The van der Waals surface area contributed by atoms with Crippen molar-refractivity contribution in [2.75, 3.05) is 48.5 Å². The summed E-state index contributed by atoms with van der Waals surface area (Å²) in [5.74, 6) is -2.34. The number of likely N-dealkylation sites (tertiary alicyclic amines) is 1. The van der Waals surface area contributed by atoms with Gasteiger partial charge in [0.1, 0.15) is 6.04 Å². The first-order chi connectivity index (χ1) is 27.2. The lowest BCUT2D eigenvalue weighted by atomic mass is 9.90. The number of nitrogens with zero attached hydrogens (tertiary/aromatic N) is 3. The summed E-state index contributed by atoms with van der Waals surface area (Å²) in [6.45, 7) is 10.6. The summed E-state index contributed by atoms with van der Waals surface area (Å²) in [5.41, 5.74) is 1.96. The van der Waals surface area contributed by atoms with Gasteiger partial charge in [0.25, 0.3) is 0 Å². The molecule has 1 fully saturated rings. The van der Waals surface area contributed by atoms with E-state index in [1.807, 2.05) is 100 Å². The van der Waals surface area contributed by atoms with E-state index in [0.717, 1.165) is 24.0 Å². The van der Waals surface area contributed by atoms with Crippen molar-refractivity contribution in [1.29, 1.82) is 0 Å². The minimum atomic E-state index is -0.892. The third-order valence-corrected chi connectivity index (χ3v) is 11.5. The molecule has 2 aromatic rings. The van der Waals surface area contributed by atoms with Gasteiger partial charge in [-0.15, -0.1) is 0 Å². The lowest BCUT2D eigenvalue weighted by molar-refractivity contribution is -0.148. The predicted octanol–water partition coefficient (Wildman–Crippen LogP) is 4.08. The maximum absolute atomic E-state index is 14.2. The molecule has 1 aliphatic heterocycles. The average Bonchev–Trinajstić information content (AvgIpc) is 3.69. The second kappa shape index (κ2) is 23.2. The van der Waals surface area contributed by atoms with Gasteiger partial charge in [-0.25, -0.2) is 4.79 Å². The van der Waals surface area contributed by atoms with Crippen LogP contribution >= 0.6 is 0 Å². The number of benzene rings is 2. The van der Waals surface area contributed by atoms with Crippen molar-refractivity contribution in [2.45, 2.75) is 110 Å². The Kier molecular flexibility index (Phi) is 19.1. The van der Waals surface area contributed by atoms with Crippen LogP contribution in [0.15, 0.2) is 60.7 Å². The molecule has 0 aliphatic carbocycles. The Balaban J connectivity index is 1.70. The first-order valence-electron chi connectivity index (χ1n) is 20.2. The van der Waals surface area contributed by atoms with E-state index in [4.69, 9.17) is 14.2 Å². The number of esters is 1. The van der Waals surface area contributed by atoms with Crippen LogP contribution in [0.25, 0.3) is 0 Å². The van der Waals surface area contributed by atoms with Crippen LogP contribution in [-0.4, -0.2) is 129 Å². The molecule has 0 bridgehead atoms. The number of methoxy groups -OCH3 is 3. The van der Waals surface area contributed by atoms with Gasteiger partial charge in [-0.3, -0.25) is 24.1 Å². The van der Waals surface area contributed by atoms with Crippen LogP contribution in [0, 0.1) is 17.8 Å². The van der Waals surface area contributed by atoms with Gasteiger partial charge in [-0.1, -0.05) is 102 Å². The van der Waals surface area contributed by atoms with E-state index in [9.17, 15) is 24.0 Å². The largest absolute Gasteiger partial charge is 0.467 e. The van der Waals surface area contributed by atoms with Gasteiger partial charge in [0, 0.05) is 40.8 Å². The highest BCUT2D eigenvalue weighted by atomic mass is 16.5. The van der Waals surface area contributed by atoms with Gasteiger partial charge in [-0.05, 0) is 42.9 Å². The number of nitrogens with one attached hydrogen (secondary N) is 2. The summed E-state index contributed by atoms with van der Waals surface area (Å²) >= 11 is 0. The lowest BCUT2D eigenvalue weighted by Crippen LogP contribution is -2.55. The third kappa shape index (κ3) is 13.1. The molecule has 1 heterocycles. The van der Waals surface area contributed by atoms with Crippen LogP contribution in [0.2, 0.25) is 0 Å². The highest BCUT2D eigenvalue weighted by Crippen LogP contribution is 2.29. The number of hydrogen-bond acceptors (Lipinski definition) is 9. The third-order valence-electron chi connectivity index (χ3n) is 11.5. The molecule has 13 heteroatoms. The molecule has 0 radical (unpaired) electrons. The van der Waals surface area contributed by atoms with E-state index in [1.54, 1.807) is 30.9 Å². The average molecular weight is 794 g/mol. The number of rotatable bonds is 22. The molecule has 1 aliphatic rings. The van der Waals surface area contributed by atoms with Crippen molar-refractivity contribution in [1.82, 2.24) is 25.3 Å². The topological polar surface area (TPSA) is 147 Å². The van der Waals surface area contributed by atoms with Crippen molar-refractivity contribution < 1.29 is 38.2 Å². The molecule has 2 aromatic carbocycles. The van der Waals surface area contributed by atoms with Crippen molar-refractivity contribution in [3.8, 4) is 0 Å². The number of carbonyl (C=O) groups is 5. The molecule has 3 rings (SSSR count). The zero-order chi connectivity index (χ0) is 42.2. The van der Waals surface area contributed by atoms with Crippen LogP contribution in [0.3, 0.4) is 0 Å². The van der Waals surface area contributed by atoms with Gasteiger partial charge in [0.05, 0.1) is 56.3 Å². The molecule has 13 nitrogen and oxygen atoms in total. The Morgan fingerprint density at radius 3 is 2.02 bits per heavy atom. The fourth-order valence-corrected chi connectivity index (χ4v) is 8.19. The van der Waals surface area contributed by atoms with Crippen molar-refractivity contribution in [3.05, 3.63) is 71.8 Å². The van der Waals surface area contributed by atoms with Gasteiger partial charge in [-0.2, -0.15) is 0 Å². The molecule has 0 aromatic heterocycles. The van der Waals surface area contributed by atoms with Crippen LogP contribution in [0.4, 0.5) is 0 Å². The van der Waals surface area contributed by atoms with Crippen LogP contribution in [0.5, 0.6) is 0 Å². The van der Waals surface area contributed by atoms with Crippen molar-refractivity contribution in [2.24, 2.45) is 17.8 Å². The fraction of sp³-hybridized carbons (Fsp3) is 0.614. The molecule has 0 saturated carbocycles. The minimum absolute atomic E-state index is 0.00388. The molecule has 1 saturated heterocycles. The summed E-state index contributed by atoms with van der Waals surface area (Å²) in [6.07, 6.45) is 1.07. The number of likely N-dealkylation sites (N-methyl/N-ethyl adjacent to an activating group) is 2. The van der Waals surface area contributed by atoms with E-state index in [0.29, 0.717) is 19.5 Å². The second-order valence-corrected chi connectivity index (χ2v) is 15.7. The Bertz CT molecular complexity index is 1580. The number of amides is 4. The molecular weight excluding hydrogens is 727 g/mol. The molecule has 57 heavy (non-hydrogen) atoms. The Labute approximate surface area is 340 Å². The summed E-state index contributed by atoms with van der Waals surface area (Å²) < 4.78 is 16.9. The Hall–Kier alpha value is -4.33. The molecule has 316 valence electrons. The summed E-state index contributed by atoms with van der Waals surface area (Å²) in [7, 11) is 7.96. The van der Waals surface area contributed by atoms with Crippen LogP contribution in [-0.2, 0) is 51.1 Å². The Morgan fingerprint density at radius 1 is 0.860 bits per heavy atom. The summed E-state index contributed by atoms with van der Waals surface area (Å²) in [6, 6.07) is 17.1. The summed E-state index contributed by atoms with van der Waals surface area (Å²) in [4.78, 5) is 73.1. The first-order valence-corrected chi connectivity index (χ1v) is 20.2. The van der Waals surface area contributed by atoms with Gasteiger partial charge in [0.2, 0.25) is 23.6 Å². The van der Waals surface area contributed by atoms with Crippen LogP contribution < -0.4 is 10.6 Å². The zero-order valence-electron chi connectivity index (χ0n) is 35.7. The number of hydrogen-bond donors (Lipinski definition) is 2. The highest BCUT2D eigenvalue weighted by molar-refractivity contribution is 5.88. The molecule has 4 amide bonds. The molecule has 2 N–H and O–H groups in total. The maximum atomic E-state index is 14.2. The lowest BCUT2D eigenvalue weighted by Gasteiger charge is -2.39. The highest BCUT2D eigenvalue weighted by Gasteiger charge is 2.42. The van der Waals surface area contributed by atoms with Gasteiger partial charge < -0.3 is 34.6 Å². The van der Waals surface area contributed by atoms with Crippen LogP contribution in [0.1, 0.15) is 71.4 Å².